The molecule has 1 atom stereocenters. The van der Waals surface area contributed by atoms with E-state index in [0.717, 1.165) is 0 Å². The number of rotatable bonds is 5. The van der Waals surface area contributed by atoms with Crippen LogP contribution in [-0.2, 0) is 10.3 Å². The summed E-state index contributed by atoms with van der Waals surface area (Å²) in [6.07, 6.45) is 0. The molecule has 0 saturated carbocycles. The van der Waals surface area contributed by atoms with Crippen molar-refractivity contribution >= 4 is 5.97 Å². The second-order valence-electron chi connectivity index (χ2n) is 4.34. The Balaban J connectivity index is 3.48. The highest BCUT2D eigenvalue weighted by molar-refractivity contribution is 5.81. The van der Waals surface area contributed by atoms with Crippen LogP contribution in [0.15, 0.2) is 18.2 Å². The van der Waals surface area contributed by atoms with Crippen LogP contribution in [0.3, 0.4) is 0 Å². The molecule has 0 bridgehead atoms. The van der Waals surface area contributed by atoms with Gasteiger partial charge in [-0.05, 0) is 39.2 Å². The van der Waals surface area contributed by atoms with Gasteiger partial charge in [0.2, 0.25) is 0 Å². The molecule has 5 nitrogen and oxygen atoms in total. The average molecular weight is 253 g/mol. The third-order valence-corrected chi connectivity index (χ3v) is 3.24. The van der Waals surface area contributed by atoms with Crippen LogP contribution in [0.5, 0.6) is 11.5 Å². The molecule has 0 amide bonds. The number of aliphatic carboxylic acids is 1. The molecule has 1 aromatic rings. The van der Waals surface area contributed by atoms with Gasteiger partial charge in [-0.1, -0.05) is 0 Å². The Kier molecular flexibility index (Phi) is 4.19. The van der Waals surface area contributed by atoms with Crippen LogP contribution in [0.2, 0.25) is 0 Å². The van der Waals surface area contributed by atoms with Crippen LogP contribution in [-0.4, -0.2) is 44.3 Å². The molecule has 0 spiro atoms. The van der Waals surface area contributed by atoms with Gasteiger partial charge in [-0.15, -0.1) is 0 Å². The van der Waals surface area contributed by atoms with Gasteiger partial charge in [0.25, 0.3) is 0 Å². The molecule has 100 valence electrons. The number of hydrogen-bond acceptors (Lipinski definition) is 4. The van der Waals surface area contributed by atoms with E-state index in [2.05, 4.69) is 0 Å². The Morgan fingerprint density at radius 1 is 1.28 bits per heavy atom. The first-order valence-corrected chi connectivity index (χ1v) is 5.51. The first-order chi connectivity index (χ1) is 8.37. The van der Waals surface area contributed by atoms with Crippen molar-refractivity contribution in [2.24, 2.45) is 0 Å². The smallest absolute Gasteiger partial charge is 0.328 e. The lowest BCUT2D eigenvalue weighted by molar-refractivity contribution is -0.149. The highest BCUT2D eigenvalue weighted by Gasteiger charge is 2.40. The van der Waals surface area contributed by atoms with E-state index in [4.69, 9.17) is 9.47 Å². The summed E-state index contributed by atoms with van der Waals surface area (Å²) < 4.78 is 10.4. The molecule has 0 aromatic heterocycles. The van der Waals surface area contributed by atoms with E-state index in [-0.39, 0.29) is 0 Å². The van der Waals surface area contributed by atoms with Gasteiger partial charge in [0.15, 0.2) is 0 Å². The van der Waals surface area contributed by atoms with Gasteiger partial charge in [0.1, 0.15) is 17.0 Å². The first kappa shape index (κ1) is 14.3. The molecule has 1 unspecified atom stereocenters. The van der Waals surface area contributed by atoms with Crippen LogP contribution < -0.4 is 9.47 Å². The molecule has 18 heavy (non-hydrogen) atoms. The van der Waals surface area contributed by atoms with Crippen molar-refractivity contribution in [1.29, 1.82) is 0 Å². The average Bonchev–Trinajstić information content (AvgIpc) is 2.36. The second kappa shape index (κ2) is 5.27. The Morgan fingerprint density at radius 2 is 1.89 bits per heavy atom. The van der Waals surface area contributed by atoms with Gasteiger partial charge in [-0.2, -0.15) is 0 Å². The number of nitrogens with zero attached hydrogens (tertiary/aromatic N) is 1. The number of ether oxygens (including phenoxy) is 2. The van der Waals surface area contributed by atoms with Crippen molar-refractivity contribution in [1.82, 2.24) is 4.90 Å². The molecule has 1 rings (SSSR count). The Morgan fingerprint density at radius 3 is 2.28 bits per heavy atom. The lowest BCUT2D eigenvalue weighted by Crippen LogP contribution is -2.45. The van der Waals surface area contributed by atoms with Gasteiger partial charge in [-0.25, -0.2) is 4.79 Å². The Bertz CT molecular complexity index is 445. The zero-order valence-electron chi connectivity index (χ0n) is 11.4. The molecule has 0 radical (unpaired) electrons. The maximum atomic E-state index is 11.6. The molecular weight excluding hydrogens is 234 g/mol. The van der Waals surface area contributed by atoms with Gasteiger partial charge < -0.3 is 14.6 Å². The lowest BCUT2D eigenvalue weighted by Gasteiger charge is -2.33. The minimum absolute atomic E-state index is 0.523. The summed E-state index contributed by atoms with van der Waals surface area (Å²) in [5.41, 5.74) is -0.623. The van der Waals surface area contributed by atoms with Crippen LogP contribution in [0, 0.1) is 0 Å². The summed E-state index contributed by atoms with van der Waals surface area (Å²) in [6, 6.07) is 5.13. The normalized spacial score (nSPS) is 14.1. The second-order valence-corrected chi connectivity index (χ2v) is 4.34. The van der Waals surface area contributed by atoms with E-state index in [1.165, 1.54) is 7.11 Å². The van der Waals surface area contributed by atoms with E-state index < -0.39 is 11.5 Å². The minimum atomic E-state index is -1.18. The molecule has 0 heterocycles. The van der Waals surface area contributed by atoms with Crippen LogP contribution in [0.1, 0.15) is 12.5 Å². The third-order valence-electron chi connectivity index (χ3n) is 3.24. The number of carboxylic acids is 1. The van der Waals surface area contributed by atoms with Gasteiger partial charge in [0, 0.05) is 5.56 Å². The number of carbonyl (C=O) groups is 1. The molecular formula is C13H19NO4. The predicted octanol–water partition coefficient (Wildman–Crippen LogP) is 1.57. The lowest BCUT2D eigenvalue weighted by atomic mass is 9.89. The molecule has 1 aromatic carbocycles. The van der Waals surface area contributed by atoms with E-state index in [1.54, 1.807) is 51.2 Å². The largest absolute Gasteiger partial charge is 0.497 e. The van der Waals surface area contributed by atoms with Crippen molar-refractivity contribution in [3.63, 3.8) is 0 Å². The van der Waals surface area contributed by atoms with E-state index in [0.29, 0.717) is 17.1 Å². The van der Waals surface area contributed by atoms with Gasteiger partial charge in [0.05, 0.1) is 14.2 Å². The van der Waals surface area contributed by atoms with Crippen LogP contribution in [0.4, 0.5) is 0 Å². The number of hydrogen-bond donors (Lipinski definition) is 1. The van der Waals surface area contributed by atoms with Gasteiger partial charge >= 0.3 is 5.97 Å². The van der Waals surface area contributed by atoms with E-state index in [9.17, 15) is 9.90 Å². The van der Waals surface area contributed by atoms with Crippen LogP contribution in [0.25, 0.3) is 0 Å². The van der Waals surface area contributed by atoms with Crippen molar-refractivity contribution in [3.05, 3.63) is 23.8 Å². The molecule has 5 heteroatoms. The third kappa shape index (κ3) is 2.26. The zero-order valence-corrected chi connectivity index (χ0v) is 11.4. The monoisotopic (exact) mass is 253 g/mol. The topological polar surface area (TPSA) is 59.0 Å². The fraction of sp³-hybridized carbons (Fsp3) is 0.462. The molecule has 0 aliphatic carbocycles. The fourth-order valence-electron chi connectivity index (χ4n) is 1.74. The highest BCUT2D eigenvalue weighted by atomic mass is 16.5. The maximum Gasteiger partial charge on any atom is 0.328 e. The number of benzene rings is 1. The Hall–Kier alpha value is -1.75. The van der Waals surface area contributed by atoms with Crippen molar-refractivity contribution < 1.29 is 19.4 Å². The summed E-state index contributed by atoms with van der Waals surface area (Å²) in [4.78, 5) is 13.2. The van der Waals surface area contributed by atoms with Crippen molar-refractivity contribution in [2.45, 2.75) is 12.5 Å². The number of carboxylic acid groups (broad SMARTS) is 1. The van der Waals surface area contributed by atoms with Gasteiger partial charge in [-0.3, -0.25) is 4.90 Å². The van der Waals surface area contributed by atoms with Crippen molar-refractivity contribution in [3.8, 4) is 11.5 Å². The summed E-state index contributed by atoms with van der Waals surface area (Å²) in [6.45, 7) is 1.63. The predicted molar refractivity (Wildman–Crippen MR) is 68.2 cm³/mol. The standard InChI is InChI=1S/C13H19NO4/c1-13(12(15)16,14(2)3)10-8-9(17-4)6-7-11(10)18-5/h6-8H,1-5H3,(H,15,16). The van der Waals surface area contributed by atoms with Crippen LogP contribution >= 0.6 is 0 Å². The zero-order chi connectivity index (χ0) is 13.9. The quantitative estimate of drug-likeness (QED) is 0.863. The Labute approximate surface area is 107 Å². The van der Waals surface area contributed by atoms with Crippen molar-refractivity contribution in [2.75, 3.05) is 28.3 Å². The number of likely N-dealkylation sites (N-methyl/N-ethyl adjacent to an activating group) is 1. The SMILES string of the molecule is COc1ccc(OC)c(C(C)(C(=O)O)N(C)C)c1. The fourth-order valence-corrected chi connectivity index (χ4v) is 1.74. The van der Waals surface area contributed by atoms with E-state index >= 15 is 0 Å². The summed E-state index contributed by atoms with van der Waals surface area (Å²) in [5, 5.41) is 9.50. The maximum absolute atomic E-state index is 11.6. The molecule has 0 aliphatic rings. The number of methoxy groups -OCH3 is 2. The molecule has 0 saturated heterocycles. The highest BCUT2D eigenvalue weighted by Crippen LogP contribution is 2.36. The summed E-state index contributed by atoms with van der Waals surface area (Å²) in [7, 11) is 6.49. The molecule has 0 fully saturated rings. The molecule has 1 N–H and O–H groups in total. The summed E-state index contributed by atoms with van der Waals surface area (Å²) >= 11 is 0. The minimum Gasteiger partial charge on any atom is -0.497 e. The first-order valence-electron chi connectivity index (χ1n) is 5.51. The summed E-state index contributed by atoms with van der Waals surface area (Å²) in [5.74, 6) is 0.175. The molecule has 0 aliphatic heterocycles. The van der Waals surface area contributed by atoms with E-state index in [1.807, 2.05) is 0 Å².